The van der Waals surface area contributed by atoms with Gasteiger partial charge in [-0.15, -0.1) is 0 Å². The Balaban J connectivity index is 2.83. The van der Waals surface area contributed by atoms with Crippen molar-refractivity contribution < 1.29 is 4.21 Å². The van der Waals surface area contributed by atoms with Crippen molar-refractivity contribution in [3.63, 3.8) is 0 Å². The van der Waals surface area contributed by atoms with E-state index in [0.717, 1.165) is 16.6 Å². The van der Waals surface area contributed by atoms with Crippen molar-refractivity contribution in [2.75, 3.05) is 0 Å². The lowest BCUT2D eigenvalue weighted by Gasteiger charge is -2.23. The molecule has 1 aromatic heterocycles. The Labute approximate surface area is 114 Å². The third kappa shape index (κ3) is 4.48. The van der Waals surface area contributed by atoms with Crippen LogP contribution in [0.3, 0.4) is 0 Å². The molecule has 1 aromatic rings. The molecule has 96 valence electrons. The van der Waals surface area contributed by atoms with Gasteiger partial charge in [0.15, 0.2) is 0 Å². The highest BCUT2D eigenvalue weighted by atomic mass is 79.9. The van der Waals surface area contributed by atoms with E-state index in [9.17, 15) is 4.21 Å². The number of nitrogens with one attached hydrogen (secondary N) is 1. The lowest BCUT2D eigenvalue weighted by molar-refractivity contribution is 0.579. The largest absolute Gasteiger partial charge is 0.260 e. The third-order valence-electron chi connectivity index (χ3n) is 2.31. The van der Waals surface area contributed by atoms with Crippen LogP contribution in [0.1, 0.15) is 45.9 Å². The Bertz CT molecular complexity index is 404. The molecule has 0 aliphatic heterocycles. The van der Waals surface area contributed by atoms with Gasteiger partial charge in [-0.05, 0) is 39.3 Å². The Kier molecular flexibility index (Phi) is 5.28. The van der Waals surface area contributed by atoms with Crippen molar-refractivity contribution in [1.29, 1.82) is 0 Å². The lowest BCUT2D eigenvalue weighted by atomic mass is 10.1. The summed E-state index contributed by atoms with van der Waals surface area (Å²) in [5.41, 5.74) is 0.916. The molecular formula is C12H19BrN2OS. The quantitative estimate of drug-likeness (QED) is 0.925. The molecule has 0 fully saturated rings. The maximum absolute atomic E-state index is 12.1. The minimum absolute atomic E-state index is 0.0209. The first-order chi connectivity index (χ1) is 7.84. The Morgan fingerprint density at radius 3 is 2.65 bits per heavy atom. The summed E-state index contributed by atoms with van der Waals surface area (Å²) >= 11 is 3.42. The second-order valence-electron chi connectivity index (χ2n) is 4.86. The van der Waals surface area contributed by atoms with E-state index < -0.39 is 11.0 Å². The number of rotatable bonds is 4. The van der Waals surface area contributed by atoms with Crippen LogP contribution >= 0.6 is 15.9 Å². The van der Waals surface area contributed by atoms with Crippen LogP contribution in [0.2, 0.25) is 0 Å². The molecule has 5 heteroatoms. The summed E-state index contributed by atoms with van der Waals surface area (Å²) in [5, 5.41) is 0. The average molecular weight is 319 g/mol. The molecule has 17 heavy (non-hydrogen) atoms. The van der Waals surface area contributed by atoms with E-state index in [-0.39, 0.29) is 10.8 Å². The van der Waals surface area contributed by atoms with Crippen molar-refractivity contribution in [1.82, 2.24) is 9.71 Å². The molecule has 0 bridgehead atoms. The van der Waals surface area contributed by atoms with Gasteiger partial charge in [0.25, 0.3) is 0 Å². The molecule has 3 nitrogen and oxygen atoms in total. The molecule has 0 aliphatic rings. The van der Waals surface area contributed by atoms with Crippen LogP contribution in [0.15, 0.2) is 22.8 Å². The van der Waals surface area contributed by atoms with E-state index in [1.54, 1.807) is 6.20 Å². The molecule has 1 unspecified atom stereocenters. The van der Waals surface area contributed by atoms with Gasteiger partial charge < -0.3 is 0 Å². The maximum Gasteiger partial charge on any atom is 0.0976 e. The molecule has 1 heterocycles. The molecule has 2 atom stereocenters. The average Bonchev–Trinajstić information content (AvgIpc) is 2.24. The van der Waals surface area contributed by atoms with E-state index in [2.05, 4.69) is 32.6 Å². The third-order valence-corrected chi connectivity index (χ3v) is 4.42. The minimum Gasteiger partial charge on any atom is -0.260 e. The van der Waals surface area contributed by atoms with E-state index in [1.165, 1.54) is 0 Å². The fraction of sp³-hybridized carbons (Fsp3) is 0.583. The molecule has 1 N–H and O–H groups in total. The lowest BCUT2D eigenvalue weighted by Crippen LogP contribution is -2.35. The SMILES string of the molecule is CCC(N[S@@](=O)C(C)(C)C)c1cc(Br)ccn1. The van der Waals surface area contributed by atoms with Gasteiger partial charge in [-0.3, -0.25) is 4.98 Å². The van der Waals surface area contributed by atoms with Gasteiger partial charge in [-0.25, -0.2) is 8.93 Å². The summed E-state index contributed by atoms with van der Waals surface area (Å²) < 4.78 is 15.9. The van der Waals surface area contributed by atoms with Crippen LogP contribution in [0.4, 0.5) is 0 Å². The highest BCUT2D eigenvalue weighted by Crippen LogP contribution is 2.20. The van der Waals surface area contributed by atoms with Crippen molar-refractivity contribution in [2.45, 2.75) is 44.9 Å². The Morgan fingerprint density at radius 2 is 2.18 bits per heavy atom. The fourth-order valence-electron chi connectivity index (χ4n) is 1.27. The summed E-state index contributed by atoms with van der Waals surface area (Å²) in [6, 6.07) is 3.87. The van der Waals surface area contributed by atoms with Crippen LogP contribution in [-0.4, -0.2) is 13.9 Å². The number of aromatic nitrogens is 1. The van der Waals surface area contributed by atoms with Crippen LogP contribution in [0, 0.1) is 0 Å². The van der Waals surface area contributed by atoms with E-state index in [4.69, 9.17) is 0 Å². The topological polar surface area (TPSA) is 42.0 Å². The first-order valence-corrected chi connectivity index (χ1v) is 7.58. The summed E-state index contributed by atoms with van der Waals surface area (Å²) in [6.45, 7) is 7.92. The summed E-state index contributed by atoms with van der Waals surface area (Å²) in [7, 11) is -1.08. The number of hydrogen-bond donors (Lipinski definition) is 1. The molecular weight excluding hydrogens is 300 g/mol. The molecule has 1 rings (SSSR count). The van der Waals surface area contributed by atoms with Crippen molar-refractivity contribution in [3.8, 4) is 0 Å². The van der Waals surface area contributed by atoms with Gasteiger partial charge in [0.05, 0.1) is 27.5 Å². The van der Waals surface area contributed by atoms with Gasteiger partial charge >= 0.3 is 0 Å². The monoisotopic (exact) mass is 318 g/mol. The van der Waals surface area contributed by atoms with Crippen LogP contribution in [-0.2, 0) is 11.0 Å². The Hall–Kier alpha value is -0.260. The zero-order valence-electron chi connectivity index (χ0n) is 10.7. The summed E-state index contributed by atoms with van der Waals surface area (Å²) in [5.74, 6) is 0. The fourth-order valence-corrected chi connectivity index (χ4v) is 2.52. The summed E-state index contributed by atoms with van der Waals surface area (Å²) in [4.78, 5) is 4.32. The zero-order chi connectivity index (χ0) is 13.1. The molecule has 0 radical (unpaired) electrons. The van der Waals surface area contributed by atoms with E-state index >= 15 is 0 Å². The molecule has 0 aliphatic carbocycles. The van der Waals surface area contributed by atoms with Gasteiger partial charge in [0.1, 0.15) is 0 Å². The van der Waals surface area contributed by atoms with Crippen LogP contribution in [0.5, 0.6) is 0 Å². The molecule has 0 spiro atoms. The highest BCUT2D eigenvalue weighted by molar-refractivity contribution is 9.10. The second-order valence-corrected chi connectivity index (χ2v) is 7.77. The normalized spacial score (nSPS) is 15.6. The van der Waals surface area contributed by atoms with Crippen LogP contribution < -0.4 is 4.72 Å². The number of halogens is 1. The van der Waals surface area contributed by atoms with Gasteiger partial charge in [-0.2, -0.15) is 0 Å². The first kappa shape index (κ1) is 14.8. The molecule has 0 amide bonds. The molecule has 0 aromatic carbocycles. The van der Waals surface area contributed by atoms with Crippen LogP contribution in [0.25, 0.3) is 0 Å². The number of pyridine rings is 1. The van der Waals surface area contributed by atoms with E-state index in [1.807, 2.05) is 32.9 Å². The smallest absolute Gasteiger partial charge is 0.0976 e. The van der Waals surface area contributed by atoms with Gasteiger partial charge in [-0.1, -0.05) is 22.9 Å². The van der Waals surface area contributed by atoms with Gasteiger partial charge in [0, 0.05) is 10.7 Å². The first-order valence-electron chi connectivity index (χ1n) is 5.64. The number of hydrogen-bond acceptors (Lipinski definition) is 2. The minimum atomic E-state index is -1.08. The molecule has 0 saturated heterocycles. The van der Waals surface area contributed by atoms with Crippen molar-refractivity contribution in [2.24, 2.45) is 0 Å². The van der Waals surface area contributed by atoms with Gasteiger partial charge in [0.2, 0.25) is 0 Å². The Morgan fingerprint density at radius 1 is 1.53 bits per heavy atom. The van der Waals surface area contributed by atoms with Crippen molar-refractivity contribution in [3.05, 3.63) is 28.5 Å². The predicted molar refractivity (Wildman–Crippen MR) is 76.0 cm³/mol. The highest BCUT2D eigenvalue weighted by Gasteiger charge is 2.23. The maximum atomic E-state index is 12.1. The molecule has 0 saturated carbocycles. The zero-order valence-corrected chi connectivity index (χ0v) is 13.1. The second kappa shape index (κ2) is 6.07. The standard InChI is InChI=1S/C12H19BrN2OS/c1-5-10(15-17(16)12(2,3)4)11-8-9(13)6-7-14-11/h6-8,10,15H,5H2,1-4H3/t10?,17-/m0/s1. The number of nitrogens with zero attached hydrogens (tertiary/aromatic N) is 1. The van der Waals surface area contributed by atoms with E-state index in [0.29, 0.717) is 0 Å². The predicted octanol–water partition coefficient (Wildman–Crippen LogP) is 3.35. The summed E-state index contributed by atoms with van der Waals surface area (Å²) in [6.07, 6.45) is 2.61. The van der Waals surface area contributed by atoms with Crippen molar-refractivity contribution >= 4 is 26.9 Å².